The SMILES string of the molecule is CCC1CCC(=O)N(CCOCCS)CC1. The molecule has 0 saturated carbocycles. The molecule has 0 aromatic rings. The molecule has 1 amide bonds. The molecular weight excluding hydrogens is 222 g/mol. The van der Waals surface area contributed by atoms with E-state index < -0.39 is 0 Å². The minimum Gasteiger partial charge on any atom is -0.379 e. The number of carbonyl (C=O) groups is 1. The third-order valence-electron chi connectivity index (χ3n) is 3.24. The van der Waals surface area contributed by atoms with Crippen LogP contribution in [0.4, 0.5) is 0 Å². The summed E-state index contributed by atoms with van der Waals surface area (Å²) in [5.74, 6) is 1.77. The van der Waals surface area contributed by atoms with Crippen molar-refractivity contribution in [3.8, 4) is 0 Å². The van der Waals surface area contributed by atoms with E-state index >= 15 is 0 Å². The fourth-order valence-corrected chi connectivity index (χ4v) is 2.21. The predicted molar refractivity (Wildman–Crippen MR) is 68.9 cm³/mol. The highest BCUT2D eigenvalue weighted by Gasteiger charge is 2.20. The summed E-state index contributed by atoms with van der Waals surface area (Å²) in [6, 6.07) is 0. The summed E-state index contributed by atoms with van der Waals surface area (Å²) in [5, 5.41) is 0. The van der Waals surface area contributed by atoms with Gasteiger partial charge in [0.1, 0.15) is 0 Å². The van der Waals surface area contributed by atoms with E-state index in [-0.39, 0.29) is 0 Å². The number of amides is 1. The highest BCUT2D eigenvalue weighted by atomic mass is 32.1. The Hall–Kier alpha value is -0.220. The van der Waals surface area contributed by atoms with Crippen molar-refractivity contribution in [3.63, 3.8) is 0 Å². The van der Waals surface area contributed by atoms with Crippen LogP contribution >= 0.6 is 12.6 Å². The van der Waals surface area contributed by atoms with Crippen molar-refractivity contribution in [2.45, 2.75) is 32.6 Å². The van der Waals surface area contributed by atoms with Crippen molar-refractivity contribution in [1.29, 1.82) is 0 Å². The van der Waals surface area contributed by atoms with Crippen LogP contribution in [0.5, 0.6) is 0 Å². The van der Waals surface area contributed by atoms with Gasteiger partial charge in [-0.15, -0.1) is 0 Å². The second kappa shape index (κ2) is 7.96. The van der Waals surface area contributed by atoms with Crippen molar-refractivity contribution < 1.29 is 9.53 Å². The first-order valence-electron chi connectivity index (χ1n) is 6.24. The Morgan fingerprint density at radius 1 is 1.44 bits per heavy atom. The van der Waals surface area contributed by atoms with E-state index in [1.165, 1.54) is 6.42 Å². The fourth-order valence-electron chi connectivity index (χ4n) is 2.08. The molecule has 94 valence electrons. The normalized spacial score (nSPS) is 22.2. The smallest absolute Gasteiger partial charge is 0.222 e. The van der Waals surface area contributed by atoms with Crippen LogP contribution in [0, 0.1) is 5.92 Å². The average Bonchev–Trinajstić information content (AvgIpc) is 2.47. The van der Waals surface area contributed by atoms with Gasteiger partial charge in [-0.1, -0.05) is 13.3 Å². The minimum atomic E-state index is 0.297. The monoisotopic (exact) mass is 245 g/mol. The van der Waals surface area contributed by atoms with E-state index in [1.807, 2.05) is 4.90 Å². The van der Waals surface area contributed by atoms with E-state index in [2.05, 4.69) is 19.6 Å². The zero-order valence-electron chi connectivity index (χ0n) is 10.2. The molecule has 0 radical (unpaired) electrons. The number of hydrogen-bond donors (Lipinski definition) is 1. The van der Waals surface area contributed by atoms with Crippen LogP contribution in [-0.4, -0.2) is 42.9 Å². The minimum absolute atomic E-state index is 0.297. The third kappa shape index (κ3) is 4.74. The summed E-state index contributed by atoms with van der Waals surface area (Å²) in [6.45, 7) is 5.16. The fraction of sp³-hybridized carbons (Fsp3) is 0.917. The van der Waals surface area contributed by atoms with Gasteiger partial charge in [0.15, 0.2) is 0 Å². The molecule has 1 heterocycles. The number of rotatable bonds is 6. The summed E-state index contributed by atoms with van der Waals surface area (Å²) in [4.78, 5) is 13.7. The van der Waals surface area contributed by atoms with Gasteiger partial charge in [0.05, 0.1) is 13.2 Å². The van der Waals surface area contributed by atoms with Crippen molar-refractivity contribution >= 4 is 18.5 Å². The van der Waals surface area contributed by atoms with Crippen molar-refractivity contribution in [3.05, 3.63) is 0 Å². The lowest BCUT2D eigenvalue weighted by atomic mass is 9.98. The van der Waals surface area contributed by atoms with Crippen LogP contribution in [0.25, 0.3) is 0 Å². The van der Waals surface area contributed by atoms with E-state index in [9.17, 15) is 4.79 Å². The maximum atomic E-state index is 11.8. The van der Waals surface area contributed by atoms with E-state index in [4.69, 9.17) is 4.74 Å². The molecule has 4 heteroatoms. The largest absolute Gasteiger partial charge is 0.379 e. The van der Waals surface area contributed by atoms with Gasteiger partial charge in [0.25, 0.3) is 0 Å². The summed E-state index contributed by atoms with van der Waals surface area (Å²) >= 11 is 4.07. The number of thiol groups is 1. The topological polar surface area (TPSA) is 29.5 Å². The van der Waals surface area contributed by atoms with Gasteiger partial charge in [-0.2, -0.15) is 12.6 Å². The Balaban J connectivity index is 2.26. The van der Waals surface area contributed by atoms with Crippen molar-refractivity contribution in [2.24, 2.45) is 5.92 Å². The second-order valence-corrected chi connectivity index (χ2v) is 4.77. The Bertz CT molecular complexity index is 211. The van der Waals surface area contributed by atoms with Gasteiger partial charge < -0.3 is 9.64 Å². The van der Waals surface area contributed by atoms with Crippen LogP contribution in [-0.2, 0) is 9.53 Å². The van der Waals surface area contributed by atoms with Gasteiger partial charge in [0.2, 0.25) is 5.91 Å². The van der Waals surface area contributed by atoms with Crippen molar-refractivity contribution in [2.75, 3.05) is 32.1 Å². The second-order valence-electron chi connectivity index (χ2n) is 4.32. The molecule has 1 unspecified atom stereocenters. The molecule has 16 heavy (non-hydrogen) atoms. The predicted octanol–water partition coefficient (Wildman–Crippen LogP) is 1.97. The van der Waals surface area contributed by atoms with E-state index in [0.717, 1.165) is 37.6 Å². The van der Waals surface area contributed by atoms with Crippen LogP contribution in [0.2, 0.25) is 0 Å². The highest BCUT2D eigenvalue weighted by Crippen LogP contribution is 2.20. The van der Waals surface area contributed by atoms with Crippen LogP contribution in [0.1, 0.15) is 32.6 Å². The summed E-state index contributed by atoms with van der Waals surface area (Å²) < 4.78 is 5.36. The number of nitrogens with zero attached hydrogens (tertiary/aromatic N) is 1. The summed E-state index contributed by atoms with van der Waals surface area (Å²) in [5.41, 5.74) is 0. The molecule has 1 aliphatic rings. The van der Waals surface area contributed by atoms with Crippen LogP contribution < -0.4 is 0 Å². The molecular formula is C12H23NO2S. The summed E-state index contributed by atoms with van der Waals surface area (Å²) in [7, 11) is 0. The van der Waals surface area contributed by atoms with E-state index in [0.29, 0.717) is 25.5 Å². The first-order chi connectivity index (χ1) is 7.77. The van der Waals surface area contributed by atoms with E-state index in [1.54, 1.807) is 0 Å². The Morgan fingerprint density at radius 3 is 2.94 bits per heavy atom. The molecule has 0 N–H and O–H groups in total. The lowest BCUT2D eigenvalue weighted by Crippen LogP contribution is -2.33. The number of likely N-dealkylation sites (tertiary alicyclic amines) is 1. The molecule has 3 nitrogen and oxygen atoms in total. The quantitative estimate of drug-likeness (QED) is 0.573. The molecule has 0 aliphatic carbocycles. The lowest BCUT2D eigenvalue weighted by Gasteiger charge is -2.20. The van der Waals surface area contributed by atoms with Gasteiger partial charge in [-0.05, 0) is 18.8 Å². The highest BCUT2D eigenvalue weighted by molar-refractivity contribution is 7.80. The van der Waals surface area contributed by atoms with Gasteiger partial charge in [-0.25, -0.2) is 0 Å². The molecule has 0 bridgehead atoms. The van der Waals surface area contributed by atoms with Gasteiger partial charge in [0, 0.05) is 25.3 Å². The number of ether oxygens (including phenoxy) is 1. The number of carbonyl (C=O) groups excluding carboxylic acids is 1. The Kier molecular flexibility index (Phi) is 6.88. The zero-order valence-corrected chi connectivity index (χ0v) is 11.0. The third-order valence-corrected chi connectivity index (χ3v) is 3.43. The molecule has 0 spiro atoms. The van der Waals surface area contributed by atoms with Gasteiger partial charge >= 0.3 is 0 Å². The Labute approximate surface area is 104 Å². The average molecular weight is 245 g/mol. The van der Waals surface area contributed by atoms with Crippen molar-refractivity contribution in [1.82, 2.24) is 4.90 Å². The zero-order chi connectivity index (χ0) is 11.8. The molecule has 1 rings (SSSR count). The molecule has 1 saturated heterocycles. The maximum Gasteiger partial charge on any atom is 0.222 e. The first kappa shape index (κ1) is 13.8. The molecule has 1 atom stereocenters. The standard InChI is InChI=1S/C12H23NO2S/c1-2-11-3-4-12(14)13(6-5-11)7-8-15-9-10-16/h11,16H,2-10H2,1H3. The molecule has 1 aliphatic heterocycles. The molecule has 1 fully saturated rings. The molecule has 0 aromatic carbocycles. The maximum absolute atomic E-state index is 11.8. The van der Waals surface area contributed by atoms with Gasteiger partial charge in [-0.3, -0.25) is 4.79 Å². The Morgan fingerprint density at radius 2 is 2.25 bits per heavy atom. The van der Waals surface area contributed by atoms with Crippen LogP contribution in [0.3, 0.4) is 0 Å². The summed E-state index contributed by atoms with van der Waals surface area (Å²) in [6.07, 6.45) is 4.11. The molecule has 0 aromatic heterocycles. The first-order valence-corrected chi connectivity index (χ1v) is 6.87. The number of hydrogen-bond acceptors (Lipinski definition) is 3. The van der Waals surface area contributed by atoms with Crippen LogP contribution in [0.15, 0.2) is 0 Å². The lowest BCUT2D eigenvalue weighted by molar-refractivity contribution is -0.131.